The lowest BCUT2D eigenvalue weighted by atomic mass is 10.0. The molecule has 0 saturated heterocycles. The van der Waals surface area contributed by atoms with E-state index in [1.54, 1.807) is 102 Å². The Balaban J connectivity index is 2.11. The van der Waals surface area contributed by atoms with Gasteiger partial charge in [0, 0.05) is 6.54 Å². The Morgan fingerprint density at radius 2 is 1.07 bits per heavy atom. The lowest BCUT2D eigenvalue weighted by Crippen LogP contribution is -2.54. The van der Waals surface area contributed by atoms with Crippen molar-refractivity contribution in [2.45, 2.75) is 89.5 Å². The molecule has 0 fully saturated rings. The molecule has 0 aliphatic carbocycles. The van der Waals surface area contributed by atoms with Crippen molar-refractivity contribution in [2.75, 3.05) is 13.2 Å². The molecule has 4 amide bonds. The Hall–Kier alpha value is -4.20. The largest absolute Gasteiger partial charge is 0.444 e. The smallest absolute Gasteiger partial charge is 0.408 e. The van der Waals surface area contributed by atoms with Gasteiger partial charge in [-0.25, -0.2) is 9.59 Å². The fraction of sp³-hybridized carbons (Fsp3) is 0.500. The number of carbonyl (C=O) groups excluding carboxylic acids is 4. The van der Waals surface area contributed by atoms with Gasteiger partial charge in [0.2, 0.25) is 11.8 Å². The fourth-order valence-corrected chi connectivity index (χ4v) is 4.11. The minimum Gasteiger partial charge on any atom is -0.444 e. The van der Waals surface area contributed by atoms with Gasteiger partial charge in [0.25, 0.3) is 0 Å². The van der Waals surface area contributed by atoms with Crippen LogP contribution in [0.1, 0.15) is 71.3 Å². The molecule has 0 aliphatic heterocycles. The van der Waals surface area contributed by atoms with Gasteiger partial charge >= 0.3 is 12.2 Å². The SMILES string of the molecule is CC(C)(C)OC(=O)NC(C(=O)NCCC(CO)NC(=O)C(NC(=O)OC(C)(C)C)C(O)c1ccccc1)C(O)c1ccccc1. The summed E-state index contributed by atoms with van der Waals surface area (Å²) < 4.78 is 10.5. The number of hydrogen-bond acceptors (Lipinski definition) is 9. The van der Waals surface area contributed by atoms with E-state index < -0.39 is 72.1 Å². The van der Waals surface area contributed by atoms with E-state index in [1.807, 2.05) is 0 Å². The van der Waals surface area contributed by atoms with E-state index in [1.165, 1.54) is 0 Å². The highest BCUT2D eigenvalue weighted by molar-refractivity contribution is 5.87. The third kappa shape index (κ3) is 13.1. The zero-order chi connectivity index (χ0) is 33.8. The van der Waals surface area contributed by atoms with Crippen molar-refractivity contribution in [1.82, 2.24) is 21.3 Å². The zero-order valence-electron chi connectivity index (χ0n) is 26.6. The standard InChI is InChI=1S/C32H46N4O9/c1-31(2,3)44-29(42)35-23(25(38)20-13-9-7-10-14-20)27(40)33-18-17-22(19-37)34-28(41)24(36-30(43)45-32(4,5)6)26(39)21-15-11-8-12-16-21/h7-16,22-26,37-39H,17-19H2,1-6H3,(H,33,40)(H,34,41)(H,35,42)(H,36,43). The molecular formula is C32H46N4O9. The van der Waals surface area contributed by atoms with Gasteiger partial charge in [0.05, 0.1) is 12.6 Å². The van der Waals surface area contributed by atoms with Crippen LogP contribution in [0.4, 0.5) is 9.59 Å². The minimum absolute atomic E-state index is 0.0230. The average molecular weight is 631 g/mol. The van der Waals surface area contributed by atoms with E-state index in [2.05, 4.69) is 21.3 Å². The van der Waals surface area contributed by atoms with Crippen LogP contribution in [0.3, 0.4) is 0 Å². The van der Waals surface area contributed by atoms with Gasteiger partial charge in [-0.1, -0.05) is 60.7 Å². The summed E-state index contributed by atoms with van der Waals surface area (Å²) in [5.41, 5.74) is -0.963. The van der Waals surface area contributed by atoms with E-state index >= 15 is 0 Å². The number of hydrogen-bond donors (Lipinski definition) is 7. The molecule has 0 aliphatic rings. The second-order valence-corrected chi connectivity index (χ2v) is 12.4. The van der Waals surface area contributed by atoms with E-state index in [0.717, 1.165) is 0 Å². The van der Waals surface area contributed by atoms with Crippen LogP contribution in [-0.2, 0) is 19.1 Å². The molecule has 5 atom stereocenters. The summed E-state index contributed by atoms with van der Waals surface area (Å²) in [5, 5.41) is 41.9. The van der Waals surface area contributed by atoms with Crippen LogP contribution >= 0.6 is 0 Å². The Kier molecular flexibility index (Phi) is 13.8. The summed E-state index contributed by atoms with van der Waals surface area (Å²) in [6, 6.07) is 12.7. The number of benzene rings is 2. The van der Waals surface area contributed by atoms with E-state index in [0.29, 0.717) is 11.1 Å². The molecule has 13 nitrogen and oxygen atoms in total. The van der Waals surface area contributed by atoms with Crippen molar-refractivity contribution in [3.63, 3.8) is 0 Å². The highest BCUT2D eigenvalue weighted by Gasteiger charge is 2.34. The summed E-state index contributed by atoms with van der Waals surface area (Å²) in [5.74, 6) is -1.53. The van der Waals surface area contributed by atoms with Gasteiger partial charge in [-0.05, 0) is 59.1 Å². The van der Waals surface area contributed by atoms with Gasteiger partial charge in [-0.2, -0.15) is 0 Å². The second kappa shape index (κ2) is 16.8. The molecule has 0 spiro atoms. The number of nitrogens with one attached hydrogen (secondary N) is 4. The quantitative estimate of drug-likeness (QED) is 0.174. The maximum atomic E-state index is 13.3. The number of ether oxygens (including phenoxy) is 2. The molecule has 2 rings (SSSR count). The highest BCUT2D eigenvalue weighted by Crippen LogP contribution is 2.19. The van der Waals surface area contributed by atoms with Crippen molar-refractivity contribution < 1.29 is 44.0 Å². The van der Waals surface area contributed by atoms with Crippen LogP contribution in [0.25, 0.3) is 0 Å². The summed E-state index contributed by atoms with van der Waals surface area (Å²) in [4.78, 5) is 51.4. The third-order valence-corrected chi connectivity index (χ3v) is 6.18. The van der Waals surface area contributed by atoms with E-state index in [-0.39, 0.29) is 13.0 Å². The minimum atomic E-state index is -1.48. The molecule has 5 unspecified atom stereocenters. The van der Waals surface area contributed by atoms with Crippen molar-refractivity contribution >= 4 is 24.0 Å². The van der Waals surface area contributed by atoms with Crippen LogP contribution in [-0.4, -0.2) is 81.8 Å². The number of amides is 4. The van der Waals surface area contributed by atoms with Gasteiger partial charge in [-0.15, -0.1) is 0 Å². The van der Waals surface area contributed by atoms with Gasteiger partial charge in [-0.3, -0.25) is 9.59 Å². The number of aliphatic hydroxyl groups is 3. The molecule has 248 valence electrons. The summed E-state index contributed by atoms with van der Waals surface area (Å²) >= 11 is 0. The van der Waals surface area contributed by atoms with Crippen molar-refractivity contribution in [3.05, 3.63) is 71.8 Å². The summed E-state index contributed by atoms with van der Waals surface area (Å²) in [7, 11) is 0. The summed E-state index contributed by atoms with van der Waals surface area (Å²) in [6.07, 6.45) is -4.66. The van der Waals surface area contributed by atoms with Gasteiger partial charge in [0.1, 0.15) is 35.5 Å². The number of aliphatic hydroxyl groups excluding tert-OH is 3. The maximum Gasteiger partial charge on any atom is 0.408 e. The molecule has 13 heteroatoms. The van der Waals surface area contributed by atoms with Crippen LogP contribution in [0.2, 0.25) is 0 Å². The second-order valence-electron chi connectivity index (χ2n) is 12.4. The first-order chi connectivity index (χ1) is 21.0. The lowest BCUT2D eigenvalue weighted by molar-refractivity contribution is -0.127. The monoisotopic (exact) mass is 630 g/mol. The van der Waals surface area contributed by atoms with Crippen LogP contribution in [0.5, 0.6) is 0 Å². The molecule has 2 aromatic rings. The molecule has 0 saturated carbocycles. The molecule has 0 heterocycles. The number of carbonyl (C=O) groups is 4. The third-order valence-electron chi connectivity index (χ3n) is 6.18. The number of alkyl carbamates (subject to hydrolysis) is 2. The lowest BCUT2D eigenvalue weighted by Gasteiger charge is -2.28. The topological polar surface area (TPSA) is 196 Å². The normalized spacial score (nSPS) is 15.0. The maximum absolute atomic E-state index is 13.3. The first kappa shape index (κ1) is 37.0. The molecule has 0 radical (unpaired) electrons. The first-order valence-corrected chi connectivity index (χ1v) is 14.6. The fourth-order valence-electron chi connectivity index (χ4n) is 4.11. The highest BCUT2D eigenvalue weighted by atomic mass is 16.6. The van der Waals surface area contributed by atoms with Gasteiger partial charge < -0.3 is 46.1 Å². The Morgan fingerprint density at radius 3 is 1.44 bits per heavy atom. The molecule has 0 bridgehead atoms. The zero-order valence-corrected chi connectivity index (χ0v) is 26.6. The van der Waals surface area contributed by atoms with E-state index in [4.69, 9.17) is 9.47 Å². The van der Waals surface area contributed by atoms with Crippen molar-refractivity contribution in [1.29, 1.82) is 0 Å². The molecule has 0 aromatic heterocycles. The van der Waals surface area contributed by atoms with Crippen LogP contribution < -0.4 is 21.3 Å². The average Bonchev–Trinajstić information content (AvgIpc) is 2.96. The Bertz CT molecular complexity index is 1250. The molecular weight excluding hydrogens is 584 g/mol. The molecule has 45 heavy (non-hydrogen) atoms. The Morgan fingerprint density at radius 1 is 0.667 bits per heavy atom. The van der Waals surface area contributed by atoms with Crippen molar-refractivity contribution in [2.24, 2.45) is 0 Å². The first-order valence-electron chi connectivity index (χ1n) is 14.6. The Labute approximate surface area is 263 Å². The van der Waals surface area contributed by atoms with Gasteiger partial charge in [0.15, 0.2) is 0 Å². The van der Waals surface area contributed by atoms with Crippen molar-refractivity contribution in [3.8, 4) is 0 Å². The predicted molar refractivity (Wildman–Crippen MR) is 166 cm³/mol. The van der Waals surface area contributed by atoms with Crippen LogP contribution in [0, 0.1) is 0 Å². The number of rotatable bonds is 13. The van der Waals surface area contributed by atoms with E-state index in [9.17, 15) is 34.5 Å². The summed E-state index contributed by atoms with van der Waals surface area (Å²) in [6.45, 7) is 9.31. The van der Waals surface area contributed by atoms with Crippen LogP contribution in [0.15, 0.2) is 60.7 Å². The molecule has 7 N–H and O–H groups in total. The predicted octanol–water partition coefficient (Wildman–Crippen LogP) is 2.22. The molecule has 2 aromatic carbocycles.